The van der Waals surface area contributed by atoms with Crippen LogP contribution in [0.5, 0.6) is 5.75 Å². The second-order valence-corrected chi connectivity index (χ2v) is 6.36. The number of hydrogen-bond acceptors (Lipinski definition) is 4. The van der Waals surface area contributed by atoms with Gasteiger partial charge in [-0.25, -0.2) is 5.06 Å². The number of pyridine rings is 1. The molecule has 0 radical (unpaired) electrons. The number of carbonyl (C=O) groups excluding carboxylic acids is 1. The lowest BCUT2D eigenvalue weighted by Gasteiger charge is -2.39. The van der Waals surface area contributed by atoms with E-state index in [2.05, 4.69) is 4.98 Å². The Hall–Kier alpha value is -1.62. The van der Waals surface area contributed by atoms with Gasteiger partial charge in [0.1, 0.15) is 11.9 Å². The van der Waals surface area contributed by atoms with E-state index in [-0.39, 0.29) is 17.9 Å². The molecule has 0 aromatic carbocycles. The lowest BCUT2D eigenvalue weighted by atomic mass is 9.81. The number of hydroxylamine groups is 2. The maximum absolute atomic E-state index is 12.0. The van der Waals surface area contributed by atoms with Crippen molar-refractivity contribution in [1.82, 2.24) is 10.0 Å². The number of aryl methyl sites for hydroxylation is 1. The van der Waals surface area contributed by atoms with Crippen LogP contribution < -0.4 is 4.74 Å². The summed E-state index contributed by atoms with van der Waals surface area (Å²) in [4.78, 5) is 16.1. The van der Waals surface area contributed by atoms with Crippen LogP contribution >= 0.6 is 0 Å². The molecule has 0 saturated heterocycles. The van der Waals surface area contributed by atoms with Crippen LogP contribution in [0.4, 0.5) is 0 Å². The predicted octanol–water partition coefficient (Wildman–Crippen LogP) is 2.56. The molecule has 1 aromatic rings. The zero-order valence-corrected chi connectivity index (χ0v) is 12.5. The van der Waals surface area contributed by atoms with Gasteiger partial charge in [0.15, 0.2) is 0 Å². The highest BCUT2D eigenvalue weighted by Gasteiger charge is 2.40. The van der Waals surface area contributed by atoms with Gasteiger partial charge in [-0.05, 0) is 46.6 Å². The van der Waals surface area contributed by atoms with Gasteiger partial charge in [0, 0.05) is 23.9 Å². The largest absolute Gasteiger partial charge is 0.490 e. The van der Waals surface area contributed by atoms with Crippen molar-refractivity contribution >= 4 is 5.91 Å². The summed E-state index contributed by atoms with van der Waals surface area (Å²) in [6, 6.07) is 3.69. The SMILES string of the molecule is Cc1cc(OC2CC(C(=O)N(O)C(C)(C)C)C2)ccn1. The summed E-state index contributed by atoms with van der Waals surface area (Å²) in [6.07, 6.45) is 3.04. The summed E-state index contributed by atoms with van der Waals surface area (Å²) in [6.45, 7) is 7.32. The lowest BCUT2D eigenvalue weighted by molar-refractivity contribution is -0.196. The average Bonchev–Trinajstić information content (AvgIpc) is 2.30. The van der Waals surface area contributed by atoms with Gasteiger partial charge in [-0.2, -0.15) is 0 Å². The van der Waals surface area contributed by atoms with E-state index in [9.17, 15) is 10.0 Å². The molecule has 110 valence electrons. The molecule has 1 aliphatic carbocycles. The highest BCUT2D eigenvalue weighted by Crippen LogP contribution is 2.33. The molecule has 0 atom stereocenters. The highest BCUT2D eigenvalue weighted by atomic mass is 16.5. The van der Waals surface area contributed by atoms with Crippen LogP contribution in [0.15, 0.2) is 18.3 Å². The molecule has 5 heteroatoms. The summed E-state index contributed by atoms with van der Waals surface area (Å²) in [7, 11) is 0. The molecule has 1 fully saturated rings. The van der Waals surface area contributed by atoms with E-state index in [0.717, 1.165) is 16.5 Å². The Morgan fingerprint density at radius 1 is 1.45 bits per heavy atom. The third-order valence-corrected chi connectivity index (χ3v) is 3.46. The van der Waals surface area contributed by atoms with Crippen molar-refractivity contribution in [3.05, 3.63) is 24.0 Å². The van der Waals surface area contributed by atoms with Crippen molar-refractivity contribution in [2.45, 2.75) is 52.2 Å². The topological polar surface area (TPSA) is 62.7 Å². The fourth-order valence-electron chi connectivity index (χ4n) is 2.15. The highest BCUT2D eigenvalue weighted by molar-refractivity contribution is 5.79. The zero-order valence-electron chi connectivity index (χ0n) is 12.5. The summed E-state index contributed by atoms with van der Waals surface area (Å²) in [5.74, 6) is 0.417. The molecule has 1 heterocycles. The van der Waals surface area contributed by atoms with Gasteiger partial charge in [-0.3, -0.25) is 15.0 Å². The number of hydrogen-bond donors (Lipinski definition) is 1. The fraction of sp³-hybridized carbons (Fsp3) is 0.600. The standard InChI is InChI=1S/C15H22N2O3/c1-10-7-12(5-6-16-10)20-13-8-11(9-13)14(18)17(19)15(2,3)4/h5-7,11,13,19H,8-9H2,1-4H3. The van der Waals surface area contributed by atoms with Crippen LogP contribution in [0.2, 0.25) is 0 Å². The molecule has 1 amide bonds. The molecular weight excluding hydrogens is 256 g/mol. The Morgan fingerprint density at radius 2 is 2.10 bits per heavy atom. The van der Waals surface area contributed by atoms with Crippen LogP contribution in [0.25, 0.3) is 0 Å². The first-order chi connectivity index (χ1) is 9.27. The Bertz CT molecular complexity index is 490. The smallest absolute Gasteiger partial charge is 0.249 e. The van der Waals surface area contributed by atoms with Crippen LogP contribution in [0.1, 0.15) is 39.3 Å². The van der Waals surface area contributed by atoms with Gasteiger partial charge in [-0.1, -0.05) is 0 Å². The van der Waals surface area contributed by atoms with E-state index >= 15 is 0 Å². The third-order valence-electron chi connectivity index (χ3n) is 3.46. The molecule has 0 spiro atoms. The maximum Gasteiger partial charge on any atom is 0.249 e. The molecule has 0 aliphatic heterocycles. The predicted molar refractivity (Wildman–Crippen MR) is 74.5 cm³/mol. The van der Waals surface area contributed by atoms with Gasteiger partial charge in [-0.15, -0.1) is 0 Å². The van der Waals surface area contributed by atoms with Gasteiger partial charge in [0.25, 0.3) is 0 Å². The molecule has 1 aliphatic rings. The molecule has 0 unspecified atom stereocenters. The van der Waals surface area contributed by atoms with Gasteiger partial charge >= 0.3 is 0 Å². The Morgan fingerprint density at radius 3 is 2.65 bits per heavy atom. The molecule has 5 nitrogen and oxygen atoms in total. The molecule has 1 saturated carbocycles. The zero-order chi connectivity index (χ0) is 14.9. The van der Waals surface area contributed by atoms with Gasteiger partial charge in [0.05, 0.1) is 5.54 Å². The van der Waals surface area contributed by atoms with E-state index < -0.39 is 5.54 Å². The molecule has 20 heavy (non-hydrogen) atoms. The second-order valence-electron chi connectivity index (χ2n) is 6.36. The normalized spacial score (nSPS) is 22.1. The number of aromatic nitrogens is 1. The van der Waals surface area contributed by atoms with Gasteiger partial charge in [0.2, 0.25) is 5.91 Å². The van der Waals surface area contributed by atoms with E-state index in [1.165, 1.54) is 0 Å². The quantitative estimate of drug-likeness (QED) is 0.682. The van der Waals surface area contributed by atoms with Crippen LogP contribution in [-0.2, 0) is 4.79 Å². The van der Waals surface area contributed by atoms with Crippen molar-refractivity contribution in [1.29, 1.82) is 0 Å². The summed E-state index contributed by atoms with van der Waals surface area (Å²) in [5, 5.41) is 10.7. The summed E-state index contributed by atoms with van der Waals surface area (Å²) < 4.78 is 5.78. The third kappa shape index (κ3) is 3.28. The van der Waals surface area contributed by atoms with Crippen LogP contribution in [-0.4, -0.2) is 32.8 Å². The average molecular weight is 278 g/mol. The van der Waals surface area contributed by atoms with E-state index in [4.69, 9.17) is 4.74 Å². The van der Waals surface area contributed by atoms with Crippen LogP contribution in [0, 0.1) is 12.8 Å². The fourth-order valence-corrected chi connectivity index (χ4v) is 2.15. The second kappa shape index (κ2) is 5.40. The number of rotatable bonds is 3. The first kappa shape index (κ1) is 14.8. The van der Waals surface area contributed by atoms with Gasteiger partial charge < -0.3 is 4.74 Å². The minimum absolute atomic E-state index is 0.0409. The lowest BCUT2D eigenvalue weighted by Crippen LogP contribution is -2.50. The van der Waals surface area contributed by atoms with Crippen molar-refractivity contribution < 1.29 is 14.7 Å². The van der Waals surface area contributed by atoms with Crippen molar-refractivity contribution in [3.8, 4) is 5.75 Å². The minimum atomic E-state index is -0.564. The van der Waals surface area contributed by atoms with Crippen molar-refractivity contribution in [2.24, 2.45) is 5.92 Å². The minimum Gasteiger partial charge on any atom is -0.490 e. The number of carbonyl (C=O) groups is 1. The number of amides is 1. The first-order valence-corrected chi connectivity index (χ1v) is 6.89. The van der Waals surface area contributed by atoms with Crippen LogP contribution in [0.3, 0.4) is 0 Å². The molecule has 0 bridgehead atoms. The van der Waals surface area contributed by atoms with E-state index in [1.54, 1.807) is 27.0 Å². The van der Waals surface area contributed by atoms with E-state index in [0.29, 0.717) is 12.8 Å². The molecular formula is C15H22N2O3. The first-order valence-electron chi connectivity index (χ1n) is 6.89. The molecule has 1 N–H and O–H groups in total. The monoisotopic (exact) mass is 278 g/mol. The summed E-state index contributed by atoms with van der Waals surface area (Å²) in [5.41, 5.74) is 0.342. The van der Waals surface area contributed by atoms with Crippen molar-refractivity contribution in [2.75, 3.05) is 0 Å². The summed E-state index contributed by atoms with van der Waals surface area (Å²) >= 11 is 0. The maximum atomic E-state index is 12.0. The Kier molecular flexibility index (Phi) is 3.99. The van der Waals surface area contributed by atoms with Crippen molar-refractivity contribution in [3.63, 3.8) is 0 Å². The molecule has 2 rings (SSSR count). The van der Waals surface area contributed by atoms with E-state index in [1.807, 2.05) is 19.1 Å². The Balaban J connectivity index is 1.84. The number of nitrogens with zero attached hydrogens (tertiary/aromatic N) is 2. The number of ether oxygens (including phenoxy) is 1. The molecule has 1 aromatic heterocycles. The Labute approximate surface area is 119 Å².